The molecule has 0 spiro atoms. The lowest BCUT2D eigenvalue weighted by atomic mass is 10.1. The van der Waals surface area contributed by atoms with Crippen LogP contribution in [0.25, 0.3) is 0 Å². The minimum absolute atomic E-state index is 0.146. The van der Waals surface area contributed by atoms with E-state index in [1.807, 2.05) is 29.2 Å². The first-order chi connectivity index (χ1) is 12.6. The lowest BCUT2D eigenvalue weighted by Crippen LogP contribution is -2.50. The molecule has 0 atom stereocenters. The lowest BCUT2D eigenvalue weighted by Gasteiger charge is -2.36. The number of anilines is 2. The number of hydrogen-bond acceptors (Lipinski definition) is 4. The Bertz CT molecular complexity index is 747. The molecule has 1 saturated heterocycles. The highest BCUT2D eigenvalue weighted by Gasteiger charge is 2.22. The molecule has 26 heavy (non-hydrogen) atoms. The second kappa shape index (κ2) is 8.13. The molecule has 1 amide bonds. The van der Waals surface area contributed by atoms with Gasteiger partial charge in [0.05, 0.1) is 19.3 Å². The Morgan fingerprint density at radius 3 is 2.31 bits per heavy atom. The molecule has 0 unspecified atom stereocenters. The number of nitrogens with zero attached hydrogens (tertiary/aromatic N) is 2. The number of ether oxygens (including phenoxy) is 1. The molecule has 1 N–H and O–H groups in total. The standard InChI is InChI=1S/C21H27N3O2/c1-16-7-6-8-17(2)21(16)22-15-20(25)24-13-11-23(12-14-24)18-9-4-5-10-19(18)26-3/h4-10,22H,11-15H2,1-3H3. The van der Waals surface area contributed by atoms with Gasteiger partial charge in [0.25, 0.3) is 0 Å². The highest BCUT2D eigenvalue weighted by molar-refractivity contribution is 5.81. The van der Waals surface area contributed by atoms with E-state index in [9.17, 15) is 4.79 Å². The van der Waals surface area contributed by atoms with E-state index in [1.54, 1.807) is 7.11 Å². The zero-order valence-electron chi connectivity index (χ0n) is 15.8. The van der Waals surface area contributed by atoms with Crippen LogP contribution in [0.2, 0.25) is 0 Å². The predicted molar refractivity (Wildman–Crippen MR) is 106 cm³/mol. The summed E-state index contributed by atoms with van der Waals surface area (Å²) >= 11 is 0. The average Bonchev–Trinajstić information content (AvgIpc) is 2.67. The van der Waals surface area contributed by atoms with Crippen molar-refractivity contribution in [2.45, 2.75) is 13.8 Å². The van der Waals surface area contributed by atoms with Gasteiger partial charge in [-0.3, -0.25) is 4.79 Å². The van der Waals surface area contributed by atoms with Crippen molar-refractivity contribution in [3.05, 3.63) is 53.6 Å². The fourth-order valence-corrected chi connectivity index (χ4v) is 3.46. The Kier molecular flexibility index (Phi) is 5.66. The summed E-state index contributed by atoms with van der Waals surface area (Å²) in [5, 5.41) is 3.31. The maximum atomic E-state index is 12.6. The van der Waals surface area contributed by atoms with E-state index in [0.717, 1.165) is 43.3 Å². The Morgan fingerprint density at radius 2 is 1.65 bits per heavy atom. The number of amides is 1. The van der Waals surface area contributed by atoms with Crippen LogP contribution in [-0.2, 0) is 4.79 Å². The van der Waals surface area contributed by atoms with Gasteiger partial charge in [0.1, 0.15) is 5.75 Å². The van der Waals surface area contributed by atoms with Crippen molar-refractivity contribution in [2.75, 3.05) is 50.1 Å². The highest BCUT2D eigenvalue weighted by atomic mass is 16.5. The van der Waals surface area contributed by atoms with Crippen LogP contribution < -0.4 is 15.0 Å². The second-order valence-electron chi connectivity index (χ2n) is 6.66. The topological polar surface area (TPSA) is 44.8 Å². The maximum absolute atomic E-state index is 12.6. The zero-order valence-corrected chi connectivity index (χ0v) is 15.8. The van der Waals surface area contributed by atoms with Crippen LogP contribution in [0.4, 0.5) is 11.4 Å². The molecule has 0 bridgehead atoms. The van der Waals surface area contributed by atoms with Crippen LogP contribution in [0.5, 0.6) is 5.75 Å². The molecule has 0 aliphatic carbocycles. The molecule has 5 nitrogen and oxygen atoms in total. The van der Waals surface area contributed by atoms with Crippen LogP contribution in [0, 0.1) is 13.8 Å². The molecule has 1 aliphatic heterocycles. The molecule has 1 aliphatic rings. The number of rotatable bonds is 5. The Morgan fingerprint density at radius 1 is 1.00 bits per heavy atom. The Labute approximate surface area is 155 Å². The SMILES string of the molecule is COc1ccccc1N1CCN(C(=O)CNc2c(C)cccc2C)CC1. The first kappa shape index (κ1) is 18.1. The van der Waals surface area contributed by atoms with E-state index in [-0.39, 0.29) is 5.91 Å². The van der Waals surface area contributed by atoms with E-state index in [2.05, 4.69) is 42.3 Å². The third-order valence-electron chi connectivity index (χ3n) is 4.96. The first-order valence-electron chi connectivity index (χ1n) is 9.06. The molecular formula is C21H27N3O2. The van der Waals surface area contributed by atoms with Gasteiger partial charge in [-0.05, 0) is 37.1 Å². The number of carbonyl (C=O) groups excluding carboxylic acids is 1. The van der Waals surface area contributed by atoms with Crippen molar-refractivity contribution in [3.63, 3.8) is 0 Å². The van der Waals surface area contributed by atoms with Gasteiger partial charge in [-0.25, -0.2) is 0 Å². The number of aryl methyl sites for hydroxylation is 2. The van der Waals surface area contributed by atoms with Gasteiger partial charge in [0, 0.05) is 31.9 Å². The minimum atomic E-state index is 0.146. The summed E-state index contributed by atoms with van der Waals surface area (Å²) in [5.41, 5.74) is 4.49. The molecule has 3 rings (SSSR count). The summed E-state index contributed by atoms with van der Waals surface area (Å²) in [7, 11) is 1.69. The van der Waals surface area contributed by atoms with E-state index in [4.69, 9.17) is 4.74 Å². The maximum Gasteiger partial charge on any atom is 0.241 e. The number of methoxy groups -OCH3 is 1. The van der Waals surface area contributed by atoms with Crippen molar-refractivity contribution in [2.24, 2.45) is 0 Å². The third-order valence-corrected chi connectivity index (χ3v) is 4.96. The van der Waals surface area contributed by atoms with Crippen molar-refractivity contribution >= 4 is 17.3 Å². The van der Waals surface area contributed by atoms with E-state index in [1.165, 1.54) is 11.1 Å². The molecule has 5 heteroatoms. The van der Waals surface area contributed by atoms with Gasteiger partial charge in [0.2, 0.25) is 5.91 Å². The fourth-order valence-electron chi connectivity index (χ4n) is 3.46. The van der Waals surface area contributed by atoms with Crippen LogP contribution in [0.1, 0.15) is 11.1 Å². The van der Waals surface area contributed by atoms with Crippen LogP contribution in [-0.4, -0.2) is 50.6 Å². The smallest absolute Gasteiger partial charge is 0.241 e. The van der Waals surface area contributed by atoms with E-state index < -0.39 is 0 Å². The fraction of sp³-hybridized carbons (Fsp3) is 0.381. The van der Waals surface area contributed by atoms with Crippen molar-refractivity contribution < 1.29 is 9.53 Å². The highest BCUT2D eigenvalue weighted by Crippen LogP contribution is 2.28. The van der Waals surface area contributed by atoms with Gasteiger partial charge in [-0.1, -0.05) is 30.3 Å². The number of hydrogen-bond donors (Lipinski definition) is 1. The molecule has 0 aromatic heterocycles. The molecule has 0 radical (unpaired) electrons. The van der Waals surface area contributed by atoms with Crippen LogP contribution in [0.15, 0.2) is 42.5 Å². The van der Waals surface area contributed by atoms with Gasteiger partial charge in [0.15, 0.2) is 0 Å². The Hall–Kier alpha value is -2.69. The number of benzene rings is 2. The molecule has 138 valence electrons. The summed E-state index contributed by atoms with van der Waals surface area (Å²) in [6.07, 6.45) is 0. The van der Waals surface area contributed by atoms with Gasteiger partial charge >= 0.3 is 0 Å². The van der Waals surface area contributed by atoms with Gasteiger partial charge < -0.3 is 19.9 Å². The molecule has 1 fully saturated rings. The third kappa shape index (κ3) is 3.93. The largest absolute Gasteiger partial charge is 0.495 e. The van der Waals surface area contributed by atoms with E-state index in [0.29, 0.717) is 6.54 Å². The van der Waals surface area contributed by atoms with E-state index >= 15 is 0 Å². The molecule has 2 aromatic carbocycles. The van der Waals surface area contributed by atoms with Crippen molar-refractivity contribution in [3.8, 4) is 5.75 Å². The number of piperazine rings is 1. The monoisotopic (exact) mass is 353 g/mol. The van der Waals surface area contributed by atoms with Crippen LogP contribution in [0.3, 0.4) is 0 Å². The predicted octanol–water partition coefficient (Wildman–Crippen LogP) is 3.07. The molecular weight excluding hydrogens is 326 g/mol. The van der Waals surface area contributed by atoms with Gasteiger partial charge in [-0.15, -0.1) is 0 Å². The second-order valence-corrected chi connectivity index (χ2v) is 6.66. The minimum Gasteiger partial charge on any atom is -0.495 e. The Balaban J connectivity index is 1.55. The molecule has 0 saturated carbocycles. The number of carbonyl (C=O) groups is 1. The van der Waals surface area contributed by atoms with Crippen LogP contribution >= 0.6 is 0 Å². The summed E-state index contributed by atoms with van der Waals surface area (Å²) in [6, 6.07) is 14.2. The molecule has 2 aromatic rings. The number of para-hydroxylation sites is 3. The quantitative estimate of drug-likeness (QED) is 0.897. The van der Waals surface area contributed by atoms with Crippen molar-refractivity contribution in [1.82, 2.24) is 4.90 Å². The lowest BCUT2D eigenvalue weighted by molar-refractivity contribution is -0.129. The number of nitrogens with one attached hydrogen (secondary N) is 1. The summed E-state index contributed by atoms with van der Waals surface area (Å²) in [6.45, 7) is 7.54. The zero-order chi connectivity index (χ0) is 18.5. The summed E-state index contributed by atoms with van der Waals surface area (Å²) in [4.78, 5) is 16.8. The normalized spacial score (nSPS) is 14.3. The van der Waals surface area contributed by atoms with Crippen molar-refractivity contribution in [1.29, 1.82) is 0 Å². The average molecular weight is 353 g/mol. The van der Waals surface area contributed by atoms with Gasteiger partial charge in [-0.2, -0.15) is 0 Å². The molecule has 1 heterocycles. The summed E-state index contributed by atoms with van der Waals surface area (Å²) < 4.78 is 5.45. The first-order valence-corrected chi connectivity index (χ1v) is 9.06. The summed E-state index contributed by atoms with van der Waals surface area (Å²) in [5.74, 6) is 1.02.